The van der Waals surface area contributed by atoms with Crippen molar-refractivity contribution in [3.8, 4) is 5.75 Å². The summed E-state index contributed by atoms with van der Waals surface area (Å²) in [6.45, 7) is 2.02. The van der Waals surface area contributed by atoms with Crippen molar-refractivity contribution in [1.82, 2.24) is 4.90 Å². The second-order valence-corrected chi connectivity index (χ2v) is 5.81. The molecule has 1 aromatic carbocycles. The Bertz CT molecular complexity index is 570. The third-order valence-corrected chi connectivity index (χ3v) is 4.15. The maximum Gasteiger partial charge on any atom is 0.265 e. The molecule has 2 amide bonds. The lowest BCUT2D eigenvalue weighted by molar-refractivity contribution is -0.139. The Morgan fingerprint density at radius 2 is 1.91 bits per heavy atom. The Morgan fingerprint density at radius 1 is 1.18 bits per heavy atom. The van der Waals surface area contributed by atoms with Crippen LogP contribution in [0.3, 0.4) is 0 Å². The summed E-state index contributed by atoms with van der Waals surface area (Å²) in [5, 5.41) is 0. The number of hydrogen-bond acceptors (Lipinski definition) is 4. The van der Waals surface area contributed by atoms with Crippen LogP contribution in [0.4, 0.5) is 5.69 Å². The second-order valence-electron chi connectivity index (χ2n) is 5.81. The van der Waals surface area contributed by atoms with E-state index in [0.717, 1.165) is 31.6 Å². The van der Waals surface area contributed by atoms with Crippen molar-refractivity contribution in [2.75, 3.05) is 31.1 Å². The number of nitrogens with two attached hydrogens (primary N) is 1. The number of anilines is 1. The van der Waals surface area contributed by atoms with Crippen molar-refractivity contribution < 1.29 is 14.3 Å². The number of para-hydroxylation sites is 2. The number of rotatable bonds is 3. The van der Waals surface area contributed by atoms with Gasteiger partial charge in [0.25, 0.3) is 5.91 Å². The van der Waals surface area contributed by atoms with E-state index < -0.39 is 12.0 Å². The zero-order valence-electron chi connectivity index (χ0n) is 12.5. The van der Waals surface area contributed by atoms with E-state index in [0.29, 0.717) is 12.3 Å². The normalized spacial score (nSPS) is 21.0. The number of nitrogens with zero attached hydrogens (tertiary/aromatic N) is 2. The van der Waals surface area contributed by atoms with Crippen LogP contribution in [-0.4, -0.2) is 49.0 Å². The van der Waals surface area contributed by atoms with E-state index in [-0.39, 0.29) is 12.5 Å². The molecule has 6 heteroatoms. The summed E-state index contributed by atoms with van der Waals surface area (Å²) in [4.78, 5) is 27.6. The molecule has 3 rings (SSSR count). The van der Waals surface area contributed by atoms with Gasteiger partial charge in [0, 0.05) is 13.1 Å². The molecule has 2 aliphatic heterocycles. The summed E-state index contributed by atoms with van der Waals surface area (Å²) in [6, 6.07) is 7.43. The third-order valence-electron chi connectivity index (χ3n) is 4.15. The minimum Gasteiger partial charge on any atom is -0.477 e. The molecule has 1 fully saturated rings. The fraction of sp³-hybridized carbons (Fsp3) is 0.500. The first-order chi connectivity index (χ1) is 10.6. The van der Waals surface area contributed by atoms with Crippen LogP contribution in [0.25, 0.3) is 0 Å². The molecule has 0 aromatic heterocycles. The highest BCUT2D eigenvalue weighted by Crippen LogP contribution is 2.33. The number of piperidine rings is 1. The highest BCUT2D eigenvalue weighted by atomic mass is 16.5. The molecule has 0 unspecified atom stereocenters. The van der Waals surface area contributed by atoms with Crippen molar-refractivity contribution >= 4 is 17.5 Å². The molecule has 22 heavy (non-hydrogen) atoms. The smallest absolute Gasteiger partial charge is 0.265 e. The second kappa shape index (κ2) is 6.25. The van der Waals surface area contributed by atoms with E-state index in [1.807, 2.05) is 34.1 Å². The van der Waals surface area contributed by atoms with E-state index in [1.54, 1.807) is 0 Å². The summed E-state index contributed by atoms with van der Waals surface area (Å²) in [5.41, 5.74) is 6.14. The number of benzene rings is 1. The van der Waals surface area contributed by atoms with E-state index in [4.69, 9.17) is 10.5 Å². The van der Waals surface area contributed by atoms with Gasteiger partial charge in [-0.1, -0.05) is 12.1 Å². The monoisotopic (exact) mass is 303 g/mol. The molecule has 0 saturated carbocycles. The SMILES string of the molecule is NC(=O)CN1C[C@H](C(=O)N2CCCCC2)Oc2ccccc21. The Morgan fingerprint density at radius 3 is 2.64 bits per heavy atom. The molecule has 6 nitrogen and oxygen atoms in total. The number of hydrogen-bond donors (Lipinski definition) is 1. The summed E-state index contributed by atoms with van der Waals surface area (Å²) in [7, 11) is 0. The summed E-state index contributed by atoms with van der Waals surface area (Å²) < 4.78 is 5.87. The van der Waals surface area contributed by atoms with E-state index in [1.165, 1.54) is 6.42 Å². The van der Waals surface area contributed by atoms with Crippen LogP contribution in [0.2, 0.25) is 0 Å². The topological polar surface area (TPSA) is 75.9 Å². The van der Waals surface area contributed by atoms with Crippen molar-refractivity contribution in [1.29, 1.82) is 0 Å². The molecular weight excluding hydrogens is 282 g/mol. The predicted molar refractivity (Wildman–Crippen MR) is 82.7 cm³/mol. The van der Waals surface area contributed by atoms with E-state index in [9.17, 15) is 9.59 Å². The van der Waals surface area contributed by atoms with Crippen molar-refractivity contribution in [3.05, 3.63) is 24.3 Å². The molecule has 2 aliphatic rings. The highest BCUT2D eigenvalue weighted by Gasteiger charge is 2.34. The molecule has 1 saturated heterocycles. The molecule has 0 spiro atoms. The molecule has 2 heterocycles. The van der Waals surface area contributed by atoms with Gasteiger partial charge in [-0.2, -0.15) is 0 Å². The van der Waals surface area contributed by atoms with Crippen LogP contribution in [-0.2, 0) is 9.59 Å². The molecule has 118 valence electrons. The van der Waals surface area contributed by atoms with Gasteiger partial charge in [0.05, 0.1) is 18.8 Å². The molecule has 2 N–H and O–H groups in total. The summed E-state index contributed by atoms with van der Waals surface area (Å²) in [6.07, 6.45) is 2.68. The van der Waals surface area contributed by atoms with Gasteiger partial charge >= 0.3 is 0 Å². The van der Waals surface area contributed by atoms with Gasteiger partial charge in [-0.15, -0.1) is 0 Å². The van der Waals surface area contributed by atoms with Gasteiger partial charge in [-0.3, -0.25) is 9.59 Å². The quantitative estimate of drug-likeness (QED) is 0.894. The number of carbonyl (C=O) groups is 2. The maximum absolute atomic E-state index is 12.7. The minimum atomic E-state index is -0.577. The Hall–Kier alpha value is -2.24. The first-order valence-corrected chi connectivity index (χ1v) is 7.73. The number of carbonyl (C=O) groups excluding carboxylic acids is 2. The average molecular weight is 303 g/mol. The third kappa shape index (κ3) is 3.00. The minimum absolute atomic E-state index is 0.00340. The van der Waals surface area contributed by atoms with Gasteiger partial charge in [-0.25, -0.2) is 0 Å². The Kier molecular flexibility index (Phi) is 4.18. The zero-order chi connectivity index (χ0) is 15.5. The number of amides is 2. The number of primary amides is 1. The van der Waals surface area contributed by atoms with Crippen molar-refractivity contribution in [3.63, 3.8) is 0 Å². The summed E-state index contributed by atoms with van der Waals surface area (Å²) in [5.74, 6) is 0.218. The number of fused-ring (bicyclic) bond motifs is 1. The molecule has 0 radical (unpaired) electrons. The van der Waals surface area contributed by atoms with E-state index in [2.05, 4.69) is 0 Å². The van der Waals surface area contributed by atoms with Crippen LogP contribution in [0, 0.1) is 0 Å². The lowest BCUT2D eigenvalue weighted by atomic mass is 10.1. The summed E-state index contributed by atoms with van der Waals surface area (Å²) >= 11 is 0. The number of ether oxygens (including phenoxy) is 1. The van der Waals surface area contributed by atoms with Crippen LogP contribution >= 0.6 is 0 Å². The van der Waals surface area contributed by atoms with Crippen LogP contribution in [0.1, 0.15) is 19.3 Å². The van der Waals surface area contributed by atoms with Gasteiger partial charge in [0.1, 0.15) is 5.75 Å². The molecule has 0 bridgehead atoms. The standard InChI is InChI=1S/C16H21N3O3/c17-15(20)11-19-10-14(16(21)18-8-4-1-5-9-18)22-13-7-3-2-6-12(13)19/h2-3,6-7,14H,1,4-5,8-11H2,(H2,17,20)/t14-/m1/s1. The van der Waals surface area contributed by atoms with Crippen molar-refractivity contribution in [2.45, 2.75) is 25.4 Å². The maximum atomic E-state index is 12.7. The van der Waals surface area contributed by atoms with Crippen LogP contribution in [0.15, 0.2) is 24.3 Å². The Balaban J connectivity index is 1.79. The average Bonchev–Trinajstić information content (AvgIpc) is 2.54. The van der Waals surface area contributed by atoms with Gasteiger partial charge in [-0.05, 0) is 31.4 Å². The lowest BCUT2D eigenvalue weighted by Gasteiger charge is -2.37. The molecule has 0 aliphatic carbocycles. The Labute approximate surface area is 129 Å². The number of likely N-dealkylation sites (tertiary alicyclic amines) is 1. The van der Waals surface area contributed by atoms with Gasteiger partial charge in [0.15, 0.2) is 6.10 Å². The predicted octanol–water partition coefficient (Wildman–Crippen LogP) is 0.752. The molecule has 1 aromatic rings. The van der Waals surface area contributed by atoms with Gasteiger partial charge in [0.2, 0.25) is 5.91 Å². The van der Waals surface area contributed by atoms with Crippen LogP contribution < -0.4 is 15.4 Å². The van der Waals surface area contributed by atoms with E-state index >= 15 is 0 Å². The largest absolute Gasteiger partial charge is 0.477 e. The highest BCUT2D eigenvalue weighted by molar-refractivity contribution is 5.85. The fourth-order valence-electron chi connectivity index (χ4n) is 3.09. The first-order valence-electron chi connectivity index (χ1n) is 7.73. The van der Waals surface area contributed by atoms with Crippen LogP contribution in [0.5, 0.6) is 5.75 Å². The first kappa shape index (κ1) is 14.7. The molecule has 1 atom stereocenters. The fourth-order valence-corrected chi connectivity index (χ4v) is 3.09. The molecular formula is C16H21N3O3. The van der Waals surface area contributed by atoms with Gasteiger partial charge < -0.3 is 20.3 Å². The van der Waals surface area contributed by atoms with Crippen molar-refractivity contribution in [2.24, 2.45) is 5.73 Å². The zero-order valence-corrected chi connectivity index (χ0v) is 12.5. The lowest BCUT2D eigenvalue weighted by Crippen LogP contribution is -2.52.